The fraction of sp³-hybridized carbons (Fsp3) is 0.276. The number of ether oxygens (including phenoxy) is 2. The number of esters is 1. The van der Waals surface area contributed by atoms with Gasteiger partial charge in [0, 0.05) is 37.4 Å². The van der Waals surface area contributed by atoms with Crippen molar-refractivity contribution < 1.29 is 18.7 Å². The standard InChI is InChI=1S/C29H33FN6O3/c1-5-9-22(39-23-14-16-32-17-15-23)13-12-21(3)18-33-20-35-29-34-19-25(28(37)38-6-2)27(36(29)31-4)24-10-7-8-11-26(24)30/h7-17,19,21,33H,4-6,18,20H2,1-3H3/b13-12-,22-9+,35-29-. The second-order valence-electron chi connectivity index (χ2n) is 8.38. The predicted molar refractivity (Wildman–Crippen MR) is 149 cm³/mol. The number of carbonyl (C=O) groups excluding carboxylic acids is 1. The lowest BCUT2D eigenvalue weighted by Gasteiger charge is -2.14. The van der Waals surface area contributed by atoms with Crippen LogP contribution in [0.3, 0.4) is 0 Å². The molecule has 2 heterocycles. The lowest BCUT2D eigenvalue weighted by atomic mass is 10.1. The molecule has 1 aromatic carbocycles. The number of benzene rings is 1. The first kappa shape index (κ1) is 29.1. The van der Waals surface area contributed by atoms with Crippen molar-refractivity contribution in [2.75, 3.05) is 19.8 Å². The second-order valence-corrected chi connectivity index (χ2v) is 8.38. The summed E-state index contributed by atoms with van der Waals surface area (Å²) in [6.45, 7) is 10.4. The molecule has 0 bridgehead atoms. The maximum absolute atomic E-state index is 14.7. The zero-order valence-electron chi connectivity index (χ0n) is 22.4. The minimum atomic E-state index is -0.643. The first-order valence-electron chi connectivity index (χ1n) is 12.7. The molecule has 3 rings (SSSR count). The Morgan fingerprint density at radius 1 is 1.23 bits per heavy atom. The van der Waals surface area contributed by atoms with Crippen molar-refractivity contribution in [2.45, 2.75) is 27.2 Å². The van der Waals surface area contributed by atoms with Crippen LogP contribution in [0.5, 0.6) is 5.75 Å². The smallest absolute Gasteiger partial charge is 0.341 e. The molecule has 1 unspecified atom stereocenters. The number of hydrogen-bond acceptors (Lipinski definition) is 8. The number of hydrogen-bond donors (Lipinski definition) is 1. The highest BCUT2D eigenvalue weighted by atomic mass is 19.1. The maximum Gasteiger partial charge on any atom is 0.341 e. The first-order valence-corrected chi connectivity index (χ1v) is 12.7. The van der Waals surface area contributed by atoms with E-state index in [1.165, 1.54) is 16.9 Å². The molecule has 0 aliphatic rings. The van der Waals surface area contributed by atoms with Crippen LogP contribution in [0.2, 0.25) is 0 Å². The Bertz CT molecular complexity index is 1390. The molecule has 1 N–H and O–H groups in total. The van der Waals surface area contributed by atoms with Crippen molar-refractivity contribution >= 4 is 12.7 Å². The van der Waals surface area contributed by atoms with Gasteiger partial charge in [-0.05, 0) is 55.7 Å². The highest BCUT2D eigenvalue weighted by Crippen LogP contribution is 2.25. The van der Waals surface area contributed by atoms with E-state index >= 15 is 0 Å². The number of aromatic nitrogens is 3. The molecule has 0 spiro atoms. The van der Waals surface area contributed by atoms with Gasteiger partial charge in [0.25, 0.3) is 0 Å². The summed E-state index contributed by atoms with van der Waals surface area (Å²) in [6.07, 6.45) is 11.5. The monoisotopic (exact) mass is 532 g/mol. The average Bonchev–Trinajstić information content (AvgIpc) is 2.94. The zero-order valence-corrected chi connectivity index (χ0v) is 22.4. The van der Waals surface area contributed by atoms with E-state index < -0.39 is 11.8 Å². The topological polar surface area (TPSA) is 103 Å². The second kappa shape index (κ2) is 15.1. The molecule has 39 heavy (non-hydrogen) atoms. The number of rotatable bonds is 13. The molecule has 0 radical (unpaired) electrons. The lowest BCUT2D eigenvalue weighted by molar-refractivity contribution is 0.0525. The van der Waals surface area contributed by atoms with E-state index in [0.29, 0.717) is 6.54 Å². The maximum atomic E-state index is 14.7. The number of nitrogens with one attached hydrogen (secondary N) is 1. The Kier molecular flexibility index (Phi) is 11.3. The number of carbonyl (C=O) groups is 1. The molecule has 9 nitrogen and oxygen atoms in total. The molecular formula is C29H33FN6O3. The minimum absolute atomic E-state index is 0.0601. The summed E-state index contributed by atoms with van der Waals surface area (Å²) in [6, 6.07) is 9.68. The third-order valence-corrected chi connectivity index (χ3v) is 5.41. The fourth-order valence-electron chi connectivity index (χ4n) is 3.60. The number of halogens is 1. The van der Waals surface area contributed by atoms with Crippen LogP contribution in [0.1, 0.15) is 37.6 Å². The van der Waals surface area contributed by atoms with E-state index in [1.807, 2.05) is 25.2 Å². The van der Waals surface area contributed by atoms with Gasteiger partial charge in [-0.25, -0.2) is 19.2 Å². The van der Waals surface area contributed by atoms with Gasteiger partial charge in [-0.1, -0.05) is 32.1 Å². The molecule has 204 valence electrons. The Hall–Kier alpha value is -4.44. The van der Waals surface area contributed by atoms with Crippen LogP contribution in [-0.4, -0.2) is 47.2 Å². The molecule has 0 aliphatic carbocycles. The molecule has 0 saturated carbocycles. The molecule has 10 heteroatoms. The largest absolute Gasteiger partial charge is 0.462 e. The normalized spacial score (nSPS) is 12.9. The van der Waals surface area contributed by atoms with Gasteiger partial charge in [0.2, 0.25) is 5.62 Å². The highest BCUT2D eigenvalue weighted by Gasteiger charge is 2.21. The van der Waals surface area contributed by atoms with Crippen molar-refractivity contribution in [1.29, 1.82) is 0 Å². The Labute approximate surface area is 227 Å². The number of pyridine rings is 1. The summed E-state index contributed by atoms with van der Waals surface area (Å²) in [5, 5.41) is 7.23. The van der Waals surface area contributed by atoms with E-state index in [9.17, 15) is 9.18 Å². The van der Waals surface area contributed by atoms with Gasteiger partial charge in [0.15, 0.2) is 0 Å². The van der Waals surface area contributed by atoms with E-state index in [4.69, 9.17) is 9.47 Å². The average molecular weight is 533 g/mol. The molecule has 1 atom stereocenters. The summed E-state index contributed by atoms with van der Waals surface area (Å²) in [5.74, 6) is 0.472. The van der Waals surface area contributed by atoms with Crippen molar-refractivity contribution in [3.05, 3.63) is 96.0 Å². The summed E-state index contributed by atoms with van der Waals surface area (Å²) in [7, 11) is 0. The van der Waals surface area contributed by atoms with E-state index in [2.05, 4.69) is 39.0 Å². The Morgan fingerprint density at radius 3 is 2.69 bits per heavy atom. The van der Waals surface area contributed by atoms with Gasteiger partial charge in [0.05, 0.1) is 19.0 Å². The summed E-state index contributed by atoms with van der Waals surface area (Å²) >= 11 is 0. The van der Waals surface area contributed by atoms with Crippen LogP contribution in [0.15, 0.2) is 89.1 Å². The summed E-state index contributed by atoms with van der Waals surface area (Å²) in [4.78, 5) is 25.3. The summed E-state index contributed by atoms with van der Waals surface area (Å²) in [5.41, 5.74) is 0.537. The molecule has 0 amide bonds. The Morgan fingerprint density at radius 2 is 2.00 bits per heavy atom. The molecule has 2 aromatic heterocycles. The van der Waals surface area contributed by atoms with Gasteiger partial charge >= 0.3 is 5.97 Å². The quantitative estimate of drug-likeness (QED) is 0.112. The van der Waals surface area contributed by atoms with Gasteiger partial charge < -0.3 is 9.47 Å². The molecule has 0 fully saturated rings. The molecule has 3 aromatic rings. The van der Waals surface area contributed by atoms with E-state index in [0.717, 1.165) is 17.9 Å². The number of allylic oxidation sites excluding steroid dienone is 2. The summed E-state index contributed by atoms with van der Waals surface area (Å²) < 4.78 is 27.0. The molecular weight excluding hydrogens is 499 g/mol. The van der Waals surface area contributed by atoms with Crippen LogP contribution in [0, 0.1) is 11.7 Å². The third-order valence-electron chi connectivity index (χ3n) is 5.41. The molecule has 0 aliphatic heterocycles. The van der Waals surface area contributed by atoms with Gasteiger partial charge in [0.1, 0.15) is 22.9 Å². The number of nitrogens with zero attached hydrogens (tertiary/aromatic N) is 5. The molecule has 0 saturated heterocycles. The fourth-order valence-corrected chi connectivity index (χ4v) is 3.60. The van der Waals surface area contributed by atoms with Gasteiger partial charge in [-0.3, -0.25) is 10.3 Å². The van der Waals surface area contributed by atoms with Crippen molar-refractivity contribution in [3.63, 3.8) is 0 Å². The zero-order chi connectivity index (χ0) is 28.0. The van der Waals surface area contributed by atoms with Crippen LogP contribution in [0.4, 0.5) is 4.39 Å². The Balaban J connectivity index is 1.75. The van der Waals surface area contributed by atoms with Crippen LogP contribution >= 0.6 is 0 Å². The van der Waals surface area contributed by atoms with Crippen molar-refractivity contribution in [1.82, 2.24) is 20.0 Å². The van der Waals surface area contributed by atoms with Gasteiger partial charge in [-0.15, -0.1) is 0 Å². The lowest BCUT2D eigenvalue weighted by Crippen LogP contribution is -2.29. The SMILES string of the molecule is C=Nn1c(-c2ccccc2F)c(C(=O)OCC)cn/c1=N/CNCC(C)/C=C\C(=C/CC)Oc1ccncc1. The van der Waals surface area contributed by atoms with Crippen LogP contribution in [0.25, 0.3) is 11.3 Å². The predicted octanol–water partition coefficient (Wildman–Crippen LogP) is 4.74. The van der Waals surface area contributed by atoms with Gasteiger partial charge in [-0.2, -0.15) is 9.78 Å². The van der Waals surface area contributed by atoms with Crippen molar-refractivity contribution in [2.24, 2.45) is 16.0 Å². The highest BCUT2D eigenvalue weighted by molar-refractivity contribution is 5.96. The minimum Gasteiger partial charge on any atom is -0.462 e. The third kappa shape index (κ3) is 8.27. The first-order chi connectivity index (χ1) is 19.0. The van der Waals surface area contributed by atoms with E-state index in [1.54, 1.807) is 49.6 Å². The van der Waals surface area contributed by atoms with Crippen LogP contribution in [-0.2, 0) is 4.74 Å². The van der Waals surface area contributed by atoms with Crippen molar-refractivity contribution in [3.8, 4) is 17.0 Å². The van der Waals surface area contributed by atoms with Crippen LogP contribution < -0.4 is 15.7 Å². The van der Waals surface area contributed by atoms with E-state index in [-0.39, 0.29) is 41.6 Å².